The molecule has 1 heterocycles. The van der Waals surface area contributed by atoms with Gasteiger partial charge in [-0.3, -0.25) is 4.98 Å². The van der Waals surface area contributed by atoms with Gasteiger partial charge >= 0.3 is 0 Å². The van der Waals surface area contributed by atoms with Gasteiger partial charge < -0.3 is 0 Å². The Hall–Kier alpha value is -8.91. The van der Waals surface area contributed by atoms with Gasteiger partial charge in [-0.05, 0) is 250 Å². The highest BCUT2D eigenvalue weighted by molar-refractivity contribution is 6.11. The third-order valence-corrected chi connectivity index (χ3v) is 23.3. The van der Waals surface area contributed by atoms with Crippen LogP contribution in [0.5, 0.6) is 0 Å². The molecule has 4 aliphatic carbocycles. The molecule has 0 amide bonds. The summed E-state index contributed by atoms with van der Waals surface area (Å²) in [6, 6.07) is 85.2. The van der Waals surface area contributed by atoms with Gasteiger partial charge in [-0.2, -0.15) is 0 Å². The minimum atomic E-state index is -0.0939. The second-order valence-corrected chi connectivity index (χ2v) is 26.1. The average molecular weight is 1140 g/mol. The van der Waals surface area contributed by atoms with Crippen molar-refractivity contribution in [3.8, 4) is 100 Å². The molecule has 0 spiro atoms. The Labute approximate surface area is 521 Å². The normalized spacial score (nSPS) is 15.3. The summed E-state index contributed by atoms with van der Waals surface area (Å²) in [7, 11) is 0. The first-order chi connectivity index (χ1) is 43.1. The smallest absolute Gasteiger partial charge is 0.0780 e. The molecule has 1 heteroatoms. The van der Waals surface area contributed by atoms with Crippen molar-refractivity contribution in [3.63, 3.8) is 0 Å². The summed E-state index contributed by atoms with van der Waals surface area (Å²) in [4.78, 5) is 4.93. The average Bonchev–Trinajstić information content (AvgIpc) is 1.81. The summed E-state index contributed by atoms with van der Waals surface area (Å²) in [6.45, 7) is 19.2. The van der Waals surface area contributed by atoms with E-state index >= 15 is 0 Å². The number of hydrogen-bond acceptors (Lipinski definition) is 1. The summed E-state index contributed by atoms with van der Waals surface area (Å²) in [5.41, 5.74) is 35.3. The lowest BCUT2D eigenvalue weighted by molar-refractivity contribution is 0.490. The standard InChI is InChI=1S/C87H77N/c1-9-84(10-2)75-24-20-19-23-66(75)67-38-31-58(48-76(67)84)59-32-40-70-71-42-35-62(52-80(71)86(13-5,14-6)79(70)49-59)63-36-43-73-72-41-34-61(51-81(72)87(15-7,16-8)82(73)53-63)60-33-39-69-68-37-30-57(47-77(68)85(11-3,12-4)78(69)50-60)54-25-27-56(28-26-54)83-74-44-29-55-21-17-18-22-64(55)65(74)45-46-88-83/h17-53H,9-16H2,1-8H3. The van der Waals surface area contributed by atoms with Crippen molar-refractivity contribution >= 4 is 21.5 Å². The number of aromatic nitrogens is 1. The van der Waals surface area contributed by atoms with E-state index in [1.165, 1.54) is 155 Å². The minimum Gasteiger partial charge on any atom is -0.256 e. The summed E-state index contributed by atoms with van der Waals surface area (Å²) >= 11 is 0. The van der Waals surface area contributed by atoms with Gasteiger partial charge in [0.1, 0.15) is 0 Å². The molecule has 4 aliphatic rings. The van der Waals surface area contributed by atoms with Crippen molar-refractivity contribution in [1.29, 1.82) is 0 Å². The van der Waals surface area contributed by atoms with Crippen LogP contribution in [0.2, 0.25) is 0 Å². The Morgan fingerprint density at radius 2 is 0.523 bits per heavy atom. The first-order valence-electron chi connectivity index (χ1n) is 33.1. The third kappa shape index (κ3) is 7.43. The molecule has 88 heavy (non-hydrogen) atoms. The summed E-state index contributed by atoms with van der Waals surface area (Å²) in [5, 5.41) is 4.94. The number of fused-ring (bicyclic) bond motifs is 15. The van der Waals surface area contributed by atoms with E-state index in [0.717, 1.165) is 62.6 Å². The van der Waals surface area contributed by atoms with Gasteiger partial charge in [-0.1, -0.05) is 225 Å². The summed E-state index contributed by atoms with van der Waals surface area (Å²) in [5.74, 6) is 0. The van der Waals surface area contributed by atoms with E-state index in [9.17, 15) is 0 Å². The van der Waals surface area contributed by atoms with Gasteiger partial charge in [0.2, 0.25) is 0 Å². The molecule has 12 aromatic rings. The van der Waals surface area contributed by atoms with Crippen LogP contribution in [-0.2, 0) is 21.7 Å². The Kier molecular flexibility index (Phi) is 12.6. The Bertz CT molecular complexity index is 4840. The van der Waals surface area contributed by atoms with Crippen LogP contribution in [0.3, 0.4) is 0 Å². The summed E-state index contributed by atoms with van der Waals surface area (Å²) < 4.78 is 0. The molecule has 0 fully saturated rings. The predicted octanol–water partition coefficient (Wildman–Crippen LogP) is 24.1. The fourth-order valence-electron chi connectivity index (χ4n) is 18.2. The number of pyridine rings is 1. The quantitative estimate of drug-likeness (QED) is 0.105. The summed E-state index contributed by atoms with van der Waals surface area (Å²) in [6.07, 6.45) is 10.4. The highest BCUT2D eigenvalue weighted by atomic mass is 14.7. The maximum absolute atomic E-state index is 4.93. The zero-order valence-corrected chi connectivity index (χ0v) is 52.5. The lowest BCUT2D eigenvalue weighted by Gasteiger charge is -2.31. The van der Waals surface area contributed by atoms with Crippen LogP contribution in [0.4, 0.5) is 0 Å². The van der Waals surface area contributed by atoms with Crippen LogP contribution in [0.1, 0.15) is 151 Å². The Morgan fingerprint density at radius 3 is 0.898 bits per heavy atom. The first-order valence-corrected chi connectivity index (χ1v) is 33.1. The van der Waals surface area contributed by atoms with Crippen LogP contribution >= 0.6 is 0 Å². The molecular formula is C87H77N. The zero-order chi connectivity index (χ0) is 59.8. The van der Waals surface area contributed by atoms with E-state index in [4.69, 9.17) is 4.98 Å². The van der Waals surface area contributed by atoms with Crippen molar-refractivity contribution in [3.05, 3.63) is 269 Å². The van der Waals surface area contributed by atoms with Gasteiger partial charge in [0.25, 0.3) is 0 Å². The number of nitrogens with zero attached hydrogens (tertiary/aromatic N) is 1. The van der Waals surface area contributed by atoms with Crippen LogP contribution in [0.15, 0.2) is 225 Å². The van der Waals surface area contributed by atoms with Gasteiger partial charge in [0.05, 0.1) is 5.69 Å². The number of hydrogen-bond donors (Lipinski definition) is 0. The minimum absolute atomic E-state index is 0.0483. The lowest BCUT2D eigenvalue weighted by Crippen LogP contribution is -2.23. The fourth-order valence-corrected chi connectivity index (χ4v) is 18.2. The van der Waals surface area contributed by atoms with Crippen molar-refractivity contribution in [2.24, 2.45) is 0 Å². The highest BCUT2D eigenvalue weighted by Gasteiger charge is 2.45. The molecule has 0 radical (unpaired) electrons. The molecule has 0 N–H and O–H groups in total. The second-order valence-electron chi connectivity index (χ2n) is 26.1. The fraction of sp³-hybridized carbons (Fsp3) is 0.230. The third-order valence-electron chi connectivity index (χ3n) is 23.3. The molecule has 0 atom stereocenters. The lowest BCUT2D eigenvalue weighted by atomic mass is 9.72. The molecule has 16 rings (SSSR count). The molecule has 0 saturated heterocycles. The molecule has 0 saturated carbocycles. The molecule has 0 bridgehead atoms. The molecule has 1 nitrogen and oxygen atoms in total. The van der Waals surface area contributed by atoms with Gasteiger partial charge in [0.15, 0.2) is 0 Å². The molecular weight excluding hydrogens is 1060 g/mol. The van der Waals surface area contributed by atoms with E-state index in [1.54, 1.807) is 0 Å². The molecule has 0 unspecified atom stereocenters. The van der Waals surface area contributed by atoms with E-state index in [1.807, 2.05) is 6.20 Å². The second kappa shape index (κ2) is 20.3. The zero-order valence-electron chi connectivity index (χ0n) is 52.5. The van der Waals surface area contributed by atoms with Crippen molar-refractivity contribution in [1.82, 2.24) is 4.98 Å². The maximum atomic E-state index is 4.93. The topological polar surface area (TPSA) is 12.9 Å². The Balaban J connectivity index is 0.699. The maximum Gasteiger partial charge on any atom is 0.0780 e. The van der Waals surface area contributed by atoms with E-state index in [0.29, 0.717) is 0 Å². The van der Waals surface area contributed by atoms with Gasteiger partial charge in [-0.25, -0.2) is 0 Å². The highest BCUT2D eigenvalue weighted by Crippen LogP contribution is 2.60. The number of rotatable bonds is 13. The van der Waals surface area contributed by atoms with E-state index < -0.39 is 0 Å². The predicted molar refractivity (Wildman–Crippen MR) is 374 cm³/mol. The molecule has 1 aromatic heterocycles. The van der Waals surface area contributed by atoms with Crippen molar-refractivity contribution < 1.29 is 0 Å². The Morgan fingerprint density at radius 1 is 0.227 bits per heavy atom. The molecule has 11 aromatic carbocycles. The van der Waals surface area contributed by atoms with Crippen LogP contribution < -0.4 is 0 Å². The largest absolute Gasteiger partial charge is 0.256 e. The van der Waals surface area contributed by atoms with E-state index in [2.05, 4.69) is 274 Å². The monoisotopic (exact) mass is 1140 g/mol. The molecule has 0 aliphatic heterocycles. The first kappa shape index (κ1) is 54.5. The van der Waals surface area contributed by atoms with Crippen molar-refractivity contribution in [2.45, 2.75) is 128 Å². The molecule has 430 valence electrons. The van der Waals surface area contributed by atoms with E-state index in [-0.39, 0.29) is 21.7 Å². The van der Waals surface area contributed by atoms with Gasteiger partial charge in [-0.15, -0.1) is 0 Å². The number of benzene rings is 11. The van der Waals surface area contributed by atoms with Gasteiger partial charge in [0, 0.05) is 38.8 Å². The van der Waals surface area contributed by atoms with Crippen molar-refractivity contribution in [2.75, 3.05) is 0 Å². The van der Waals surface area contributed by atoms with Crippen LogP contribution in [0.25, 0.3) is 122 Å². The SMILES string of the molecule is CCC1(CC)c2ccccc2-c2ccc(-c3ccc4c(c3)C(CC)(CC)c3cc(-c5ccc6c(c5)C(CC)(CC)c5cc(-c7ccc8c(c7)C(CC)(CC)c7cc(-c9ccc(-c%10nccc%11c%10ccc%10ccccc%10%11)cc9)ccc7-8)ccc5-6)ccc3-4)cc21. The van der Waals surface area contributed by atoms with Crippen LogP contribution in [0, 0.1) is 0 Å². The van der Waals surface area contributed by atoms with Crippen LogP contribution in [-0.4, -0.2) is 4.98 Å².